The molecule has 0 saturated heterocycles. The van der Waals surface area contributed by atoms with Crippen molar-refractivity contribution in [3.05, 3.63) is 53.1 Å². The molecular formula is C28H36N3O2S+. The zero-order valence-corrected chi connectivity index (χ0v) is 22.1. The molecule has 0 spiro atoms. The van der Waals surface area contributed by atoms with Gasteiger partial charge in [0.25, 0.3) is 5.82 Å². The van der Waals surface area contributed by atoms with Crippen molar-refractivity contribution in [2.45, 2.75) is 63.7 Å². The second kappa shape index (κ2) is 8.81. The second-order valence-corrected chi connectivity index (χ2v) is 12.3. The Bertz CT molecular complexity index is 1220. The van der Waals surface area contributed by atoms with Crippen molar-refractivity contribution in [1.82, 2.24) is 0 Å². The molecule has 4 rings (SSSR count). The Morgan fingerprint density at radius 1 is 1.09 bits per heavy atom. The molecular weight excluding hydrogens is 442 g/mol. The topological polar surface area (TPSA) is 66.7 Å². The quantitative estimate of drug-likeness (QED) is 0.474. The lowest BCUT2D eigenvalue weighted by atomic mass is 9.79. The number of fused-ring (bicyclic) bond motifs is 2. The Morgan fingerprint density at radius 2 is 1.71 bits per heavy atom. The van der Waals surface area contributed by atoms with Gasteiger partial charge < -0.3 is 10.4 Å². The molecule has 1 aromatic heterocycles. The van der Waals surface area contributed by atoms with E-state index in [-0.39, 0.29) is 16.7 Å². The number of likely N-dealkylation sites (N-methyl/N-ethyl adjacent to an activating group) is 1. The lowest BCUT2D eigenvalue weighted by Crippen LogP contribution is -2.23. The number of carbonyl (C=O) groups is 1. The van der Waals surface area contributed by atoms with Gasteiger partial charge in [-0.25, -0.2) is 4.98 Å². The monoisotopic (exact) mass is 478 g/mol. The molecule has 2 heterocycles. The SMILES string of the molecule is CN1CCc2c1[nH+]c1ccccc1c2NC(=O)CSc1cc(C(C)(C)C)c(O)c(C(C)(C)C)c1. The summed E-state index contributed by atoms with van der Waals surface area (Å²) < 4.78 is 0. The zero-order chi connectivity index (χ0) is 24.8. The smallest absolute Gasteiger partial charge is 0.280 e. The summed E-state index contributed by atoms with van der Waals surface area (Å²) in [6.45, 7) is 13.5. The lowest BCUT2D eigenvalue weighted by Gasteiger charge is -2.28. The van der Waals surface area contributed by atoms with Gasteiger partial charge in [0.1, 0.15) is 11.3 Å². The minimum absolute atomic E-state index is 0.0270. The fourth-order valence-corrected chi connectivity index (χ4v) is 5.33. The Kier molecular flexibility index (Phi) is 6.32. The number of para-hydroxylation sites is 1. The minimum atomic E-state index is -0.199. The molecule has 2 aromatic carbocycles. The van der Waals surface area contributed by atoms with Gasteiger partial charge in [0.15, 0.2) is 0 Å². The summed E-state index contributed by atoms with van der Waals surface area (Å²) in [7, 11) is 2.07. The average molecular weight is 479 g/mol. The molecule has 180 valence electrons. The number of nitrogens with one attached hydrogen (secondary N) is 2. The van der Waals surface area contributed by atoms with Crippen molar-refractivity contribution < 1.29 is 14.9 Å². The molecule has 0 saturated carbocycles. The number of pyridine rings is 1. The third-order valence-electron chi connectivity index (χ3n) is 6.45. The molecule has 1 aliphatic rings. The fraction of sp³-hybridized carbons (Fsp3) is 0.429. The molecule has 0 atom stereocenters. The van der Waals surface area contributed by atoms with E-state index in [9.17, 15) is 9.90 Å². The van der Waals surface area contributed by atoms with Crippen LogP contribution in [0.4, 0.5) is 11.5 Å². The van der Waals surface area contributed by atoms with Gasteiger partial charge in [0.2, 0.25) is 5.91 Å². The largest absolute Gasteiger partial charge is 0.507 e. The number of H-pyrrole nitrogens is 1. The number of phenols is 1. The Labute approximate surface area is 207 Å². The molecule has 3 N–H and O–H groups in total. The molecule has 3 aromatic rings. The first-order chi connectivity index (χ1) is 15.9. The van der Waals surface area contributed by atoms with Gasteiger partial charge in [-0.15, -0.1) is 11.8 Å². The van der Waals surface area contributed by atoms with Crippen molar-refractivity contribution in [3.8, 4) is 5.75 Å². The van der Waals surface area contributed by atoms with E-state index in [4.69, 9.17) is 0 Å². The van der Waals surface area contributed by atoms with Crippen LogP contribution in [-0.4, -0.2) is 30.4 Å². The number of benzene rings is 2. The first kappa shape index (κ1) is 24.4. The molecule has 0 fully saturated rings. The van der Waals surface area contributed by atoms with Crippen molar-refractivity contribution in [2.24, 2.45) is 0 Å². The molecule has 1 aliphatic heterocycles. The van der Waals surface area contributed by atoms with E-state index < -0.39 is 0 Å². The number of phenolic OH excluding ortho intramolecular Hbond substituents is 1. The molecule has 0 radical (unpaired) electrons. The van der Waals surface area contributed by atoms with E-state index in [0.29, 0.717) is 11.5 Å². The summed E-state index contributed by atoms with van der Waals surface area (Å²) in [5, 5.41) is 15.2. The van der Waals surface area contributed by atoms with Gasteiger partial charge >= 0.3 is 0 Å². The number of anilines is 2. The maximum Gasteiger partial charge on any atom is 0.280 e. The number of thioether (sulfide) groups is 1. The summed E-state index contributed by atoms with van der Waals surface area (Å²) in [6, 6.07) is 12.2. The number of carbonyl (C=O) groups excluding carboxylic acids is 1. The number of amides is 1. The summed E-state index contributed by atoms with van der Waals surface area (Å²) in [6.07, 6.45) is 0.901. The molecule has 1 amide bonds. The van der Waals surface area contributed by atoms with Gasteiger partial charge in [0, 0.05) is 27.8 Å². The van der Waals surface area contributed by atoms with Crippen LogP contribution in [0.2, 0.25) is 0 Å². The standard InChI is InChI=1S/C28H35N3O2S/c1-27(2,3)20-14-17(15-21(25(20)33)28(4,5)6)34-16-23(32)30-24-18-10-8-9-11-22(18)29-26-19(24)12-13-31(26)7/h8-11,14-15,33H,12-13,16H2,1-7H3,(H,29,30,32)/p+1. The van der Waals surface area contributed by atoms with E-state index in [2.05, 4.69) is 69.9 Å². The highest BCUT2D eigenvalue weighted by Crippen LogP contribution is 2.42. The van der Waals surface area contributed by atoms with Crippen molar-refractivity contribution in [2.75, 3.05) is 29.6 Å². The van der Waals surface area contributed by atoms with Gasteiger partial charge in [0.05, 0.1) is 30.6 Å². The predicted molar refractivity (Wildman–Crippen MR) is 142 cm³/mol. The first-order valence-corrected chi connectivity index (χ1v) is 12.8. The van der Waals surface area contributed by atoms with Crippen molar-refractivity contribution in [1.29, 1.82) is 0 Å². The Morgan fingerprint density at radius 3 is 2.32 bits per heavy atom. The van der Waals surface area contributed by atoms with E-state index in [1.165, 1.54) is 11.8 Å². The van der Waals surface area contributed by atoms with Gasteiger partial charge in [-0.2, -0.15) is 0 Å². The third kappa shape index (κ3) is 4.74. The minimum Gasteiger partial charge on any atom is -0.507 e. The Balaban J connectivity index is 1.61. The zero-order valence-electron chi connectivity index (χ0n) is 21.3. The molecule has 34 heavy (non-hydrogen) atoms. The molecule has 6 heteroatoms. The maximum atomic E-state index is 13.1. The second-order valence-electron chi connectivity index (χ2n) is 11.2. The van der Waals surface area contributed by atoms with E-state index in [1.807, 2.05) is 30.3 Å². The van der Waals surface area contributed by atoms with Gasteiger partial charge in [-0.05, 0) is 35.1 Å². The number of rotatable bonds is 4. The van der Waals surface area contributed by atoms with E-state index in [1.54, 1.807) is 0 Å². The summed E-state index contributed by atoms with van der Waals surface area (Å²) in [5.74, 6) is 1.71. The number of nitrogens with zero attached hydrogens (tertiary/aromatic N) is 1. The number of hydrogen-bond acceptors (Lipinski definition) is 4. The summed E-state index contributed by atoms with van der Waals surface area (Å²) in [5.41, 5.74) is 4.51. The van der Waals surface area contributed by atoms with Crippen LogP contribution in [0.25, 0.3) is 10.9 Å². The van der Waals surface area contributed by atoms with Gasteiger partial charge in [-0.1, -0.05) is 53.7 Å². The van der Waals surface area contributed by atoms with Crippen LogP contribution in [0.5, 0.6) is 5.75 Å². The van der Waals surface area contributed by atoms with Gasteiger partial charge in [-0.3, -0.25) is 9.69 Å². The van der Waals surface area contributed by atoms with Crippen LogP contribution in [0.15, 0.2) is 41.3 Å². The van der Waals surface area contributed by atoms with Crippen LogP contribution in [0, 0.1) is 0 Å². The van der Waals surface area contributed by atoms with Crippen LogP contribution in [0.1, 0.15) is 58.2 Å². The summed E-state index contributed by atoms with van der Waals surface area (Å²) >= 11 is 1.51. The van der Waals surface area contributed by atoms with E-state index >= 15 is 0 Å². The maximum absolute atomic E-state index is 13.1. The number of aromatic hydroxyl groups is 1. The van der Waals surface area contributed by atoms with Crippen LogP contribution >= 0.6 is 11.8 Å². The highest BCUT2D eigenvalue weighted by atomic mass is 32.2. The number of aromatic amines is 1. The van der Waals surface area contributed by atoms with E-state index in [0.717, 1.165) is 57.0 Å². The summed E-state index contributed by atoms with van der Waals surface area (Å²) in [4.78, 5) is 19.9. The number of hydrogen-bond donors (Lipinski definition) is 2. The fourth-order valence-electron chi connectivity index (χ4n) is 4.56. The van der Waals surface area contributed by atoms with Crippen LogP contribution < -0.4 is 15.2 Å². The average Bonchev–Trinajstić information content (AvgIpc) is 3.11. The third-order valence-corrected chi connectivity index (χ3v) is 7.43. The normalized spacial score (nSPS) is 13.9. The lowest BCUT2D eigenvalue weighted by molar-refractivity contribution is -0.329. The molecule has 5 nitrogen and oxygen atoms in total. The van der Waals surface area contributed by atoms with Crippen molar-refractivity contribution in [3.63, 3.8) is 0 Å². The Hall–Kier alpha value is -2.73. The molecule has 0 bridgehead atoms. The highest BCUT2D eigenvalue weighted by molar-refractivity contribution is 8.00. The number of aromatic nitrogens is 1. The predicted octanol–water partition coefficient (Wildman–Crippen LogP) is 5.68. The van der Waals surface area contributed by atoms with Crippen molar-refractivity contribution >= 4 is 40.1 Å². The molecule has 0 unspecified atom stereocenters. The molecule has 0 aliphatic carbocycles. The highest BCUT2D eigenvalue weighted by Gasteiger charge is 2.30. The van der Waals surface area contributed by atoms with Crippen LogP contribution in [0.3, 0.4) is 0 Å². The first-order valence-electron chi connectivity index (χ1n) is 11.8. The van der Waals surface area contributed by atoms with Crippen LogP contribution in [-0.2, 0) is 22.0 Å².